The molecule has 3 heterocycles. The minimum Gasteiger partial charge on any atom is -0.469 e. The highest BCUT2D eigenvalue weighted by Crippen LogP contribution is 2.20. The molecule has 0 aromatic carbocycles. The first-order valence-corrected chi connectivity index (χ1v) is 7.11. The Balaban J connectivity index is 1.64. The predicted molar refractivity (Wildman–Crippen MR) is 73.7 cm³/mol. The van der Waals surface area contributed by atoms with Crippen molar-refractivity contribution in [2.45, 2.75) is 6.92 Å². The second-order valence-corrected chi connectivity index (χ2v) is 5.36. The summed E-state index contributed by atoms with van der Waals surface area (Å²) in [4.78, 5) is 20.7. The number of amides is 1. The van der Waals surface area contributed by atoms with Crippen molar-refractivity contribution >= 4 is 22.4 Å². The van der Waals surface area contributed by atoms with Crippen LogP contribution in [0.25, 0.3) is 0 Å². The number of anilines is 1. The molecule has 0 bridgehead atoms. The van der Waals surface area contributed by atoms with E-state index in [1.165, 1.54) is 0 Å². The van der Waals surface area contributed by atoms with Gasteiger partial charge >= 0.3 is 0 Å². The van der Waals surface area contributed by atoms with Crippen molar-refractivity contribution < 1.29 is 9.21 Å². The largest absolute Gasteiger partial charge is 0.469 e. The van der Waals surface area contributed by atoms with E-state index in [1.54, 1.807) is 23.7 Å². The lowest BCUT2D eigenvalue weighted by Gasteiger charge is -2.34. The molecule has 3 rings (SSSR count). The van der Waals surface area contributed by atoms with Crippen LogP contribution in [0, 0.1) is 6.92 Å². The highest BCUT2D eigenvalue weighted by Gasteiger charge is 2.24. The Hall–Kier alpha value is -1.82. The molecular formula is C13H15N3O2S. The van der Waals surface area contributed by atoms with Crippen LogP contribution in [0.15, 0.2) is 28.3 Å². The van der Waals surface area contributed by atoms with Gasteiger partial charge in [-0.3, -0.25) is 4.79 Å². The topological polar surface area (TPSA) is 49.6 Å². The molecule has 100 valence electrons. The van der Waals surface area contributed by atoms with Gasteiger partial charge in [-0.15, -0.1) is 11.3 Å². The van der Waals surface area contributed by atoms with Gasteiger partial charge in [0.2, 0.25) is 0 Å². The van der Waals surface area contributed by atoms with Crippen molar-refractivity contribution in [1.82, 2.24) is 9.88 Å². The number of piperazine rings is 1. The van der Waals surface area contributed by atoms with E-state index >= 15 is 0 Å². The van der Waals surface area contributed by atoms with Gasteiger partial charge in [-0.2, -0.15) is 0 Å². The number of hydrogen-bond donors (Lipinski definition) is 0. The van der Waals surface area contributed by atoms with Crippen molar-refractivity contribution in [2.24, 2.45) is 0 Å². The predicted octanol–water partition coefficient (Wildman–Crippen LogP) is 2.01. The third-order valence-corrected chi connectivity index (χ3v) is 4.18. The molecular weight excluding hydrogens is 262 g/mol. The van der Waals surface area contributed by atoms with E-state index in [1.807, 2.05) is 23.4 Å². The Morgan fingerprint density at radius 2 is 2.16 bits per heavy atom. The molecule has 1 saturated heterocycles. The van der Waals surface area contributed by atoms with Crippen LogP contribution in [0.3, 0.4) is 0 Å². The standard InChI is InChI=1S/C13H15N3O2S/c1-10-11(2-8-18-10)12(17)15-4-6-16(7-5-15)13-14-3-9-19-13/h2-3,8-9H,4-7H2,1H3. The Kier molecular flexibility index (Phi) is 3.25. The molecule has 1 aliphatic heterocycles. The first-order chi connectivity index (χ1) is 9.25. The Morgan fingerprint density at radius 1 is 1.37 bits per heavy atom. The number of carbonyl (C=O) groups is 1. The van der Waals surface area contributed by atoms with Crippen LogP contribution in [0.5, 0.6) is 0 Å². The van der Waals surface area contributed by atoms with Gasteiger partial charge in [0.05, 0.1) is 11.8 Å². The van der Waals surface area contributed by atoms with Crippen molar-refractivity contribution in [3.63, 3.8) is 0 Å². The second-order valence-electron chi connectivity index (χ2n) is 4.48. The Morgan fingerprint density at radius 3 is 2.74 bits per heavy atom. The van der Waals surface area contributed by atoms with Crippen LogP contribution in [0.4, 0.5) is 5.13 Å². The third kappa shape index (κ3) is 2.35. The Bertz CT molecular complexity index is 556. The molecule has 0 N–H and O–H groups in total. The highest BCUT2D eigenvalue weighted by atomic mass is 32.1. The molecule has 0 atom stereocenters. The fraction of sp³-hybridized carbons (Fsp3) is 0.385. The highest BCUT2D eigenvalue weighted by molar-refractivity contribution is 7.13. The zero-order valence-corrected chi connectivity index (χ0v) is 11.5. The molecule has 2 aromatic heterocycles. The lowest BCUT2D eigenvalue weighted by Crippen LogP contribution is -2.48. The number of rotatable bonds is 2. The quantitative estimate of drug-likeness (QED) is 0.842. The van der Waals surface area contributed by atoms with Gasteiger partial charge in [-0.25, -0.2) is 4.98 Å². The molecule has 1 fully saturated rings. The molecule has 0 spiro atoms. The third-order valence-electron chi connectivity index (χ3n) is 3.35. The summed E-state index contributed by atoms with van der Waals surface area (Å²) >= 11 is 1.64. The van der Waals surface area contributed by atoms with E-state index in [0.717, 1.165) is 31.3 Å². The Labute approximate surface area is 115 Å². The zero-order chi connectivity index (χ0) is 13.2. The van der Waals surface area contributed by atoms with Crippen LogP contribution in [-0.4, -0.2) is 42.0 Å². The van der Waals surface area contributed by atoms with Gasteiger partial charge in [0.25, 0.3) is 5.91 Å². The van der Waals surface area contributed by atoms with E-state index < -0.39 is 0 Å². The average molecular weight is 277 g/mol. The minimum atomic E-state index is 0.0602. The summed E-state index contributed by atoms with van der Waals surface area (Å²) in [5.41, 5.74) is 0.669. The number of hydrogen-bond acceptors (Lipinski definition) is 5. The van der Waals surface area contributed by atoms with Crippen LogP contribution >= 0.6 is 11.3 Å². The van der Waals surface area contributed by atoms with Crippen LogP contribution < -0.4 is 4.90 Å². The van der Waals surface area contributed by atoms with Gasteiger partial charge in [0, 0.05) is 37.8 Å². The molecule has 0 unspecified atom stereocenters. The summed E-state index contributed by atoms with van der Waals surface area (Å²) in [5, 5.41) is 3.01. The smallest absolute Gasteiger partial charge is 0.257 e. The number of nitrogens with zero attached hydrogens (tertiary/aromatic N) is 3. The summed E-state index contributed by atoms with van der Waals surface area (Å²) in [6.07, 6.45) is 3.38. The molecule has 0 radical (unpaired) electrons. The molecule has 1 aliphatic rings. The van der Waals surface area contributed by atoms with E-state index in [4.69, 9.17) is 4.42 Å². The number of aryl methyl sites for hydroxylation is 1. The average Bonchev–Trinajstić information content (AvgIpc) is 3.09. The lowest BCUT2D eigenvalue weighted by molar-refractivity contribution is 0.0745. The fourth-order valence-electron chi connectivity index (χ4n) is 2.25. The normalized spacial score (nSPS) is 15.8. The fourth-order valence-corrected chi connectivity index (χ4v) is 2.95. The van der Waals surface area contributed by atoms with Gasteiger partial charge < -0.3 is 14.2 Å². The van der Waals surface area contributed by atoms with E-state index in [2.05, 4.69) is 9.88 Å². The van der Waals surface area contributed by atoms with Crippen molar-refractivity contribution in [3.8, 4) is 0 Å². The molecule has 1 amide bonds. The number of thiazole rings is 1. The SMILES string of the molecule is Cc1occc1C(=O)N1CCN(c2nccs2)CC1. The van der Waals surface area contributed by atoms with Gasteiger partial charge in [-0.1, -0.05) is 0 Å². The summed E-state index contributed by atoms with van der Waals surface area (Å²) in [6.45, 7) is 4.93. The summed E-state index contributed by atoms with van der Waals surface area (Å²) < 4.78 is 5.19. The maximum absolute atomic E-state index is 12.3. The number of furan rings is 1. The molecule has 5 nitrogen and oxygen atoms in total. The maximum Gasteiger partial charge on any atom is 0.257 e. The lowest BCUT2D eigenvalue weighted by atomic mass is 10.2. The van der Waals surface area contributed by atoms with Gasteiger partial charge in [0.1, 0.15) is 5.76 Å². The van der Waals surface area contributed by atoms with Crippen LogP contribution in [-0.2, 0) is 0 Å². The summed E-state index contributed by atoms with van der Waals surface area (Å²) in [6, 6.07) is 1.74. The van der Waals surface area contributed by atoms with E-state index in [9.17, 15) is 4.79 Å². The van der Waals surface area contributed by atoms with Crippen molar-refractivity contribution in [3.05, 3.63) is 35.2 Å². The number of carbonyl (C=O) groups excluding carboxylic acids is 1. The second kappa shape index (κ2) is 5.05. The molecule has 0 aliphatic carbocycles. The van der Waals surface area contributed by atoms with E-state index in [-0.39, 0.29) is 5.91 Å². The van der Waals surface area contributed by atoms with Crippen molar-refractivity contribution in [2.75, 3.05) is 31.1 Å². The van der Waals surface area contributed by atoms with Gasteiger partial charge in [0.15, 0.2) is 5.13 Å². The molecule has 2 aromatic rings. The number of aromatic nitrogens is 1. The first-order valence-electron chi connectivity index (χ1n) is 6.23. The molecule has 19 heavy (non-hydrogen) atoms. The maximum atomic E-state index is 12.3. The molecule has 6 heteroatoms. The van der Waals surface area contributed by atoms with Crippen molar-refractivity contribution in [1.29, 1.82) is 0 Å². The van der Waals surface area contributed by atoms with Crippen LogP contribution in [0.2, 0.25) is 0 Å². The van der Waals surface area contributed by atoms with Gasteiger partial charge in [-0.05, 0) is 13.0 Å². The minimum absolute atomic E-state index is 0.0602. The zero-order valence-electron chi connectivity index (χ0n) is 10.7. The summed E-state index contributed by atoms with van der Waals surface area (Å²) in [5.74, 6) is 0.748. The summed E-state index contributed by atoms with van der Waals surface area (Å²) in [7, 11) is 0. The van der Waals surface area contributed by atoms with E-state index in [0.29, 0.717) is 11.3 Å². The monoisotopic (exact) mass is 277 g/mol. The first kappa shape index (κ1) is 12.2. The van der Waals surface area contributed by atoms with Crippen LogP contribution in [0.1, 0.15) is 16.1 Å². The molecule has 0 saturated carbocycles.